The van der Waals surface area contributed by atoms with Crippen molar-refractivity contribution in [1.82, 2.24) is 0 Å². The minimum Gasteiger partial charge on any atom is -0.493 e. The average molecular weight is 440 g/mol. The van der Waals surface area contributed by atoms with E-state index in [1.807, 2.05) is 6.07 Å². The Balaban J connectivity index is 1.69. The molecule has 1 aliphatic carbocycles. The maximum Gasteiger partial charge on any atom is 0.164 e. The van der Waals surface area contributed by atoms with Gasteiger partial charge in [0.15, 0.2) is 11.5 Å². The topological polar surface area (TPSA) is 42.2 Å². The highest BCUT2D eigenvalue weighted by molar-refractivity contribution is 8.17. The number of fused-ring (bicyclic) bond motifs is 1. The van der Waals surface area contributed by atoms with Crippen LogP contribution in [0, 0.1) is 23.2 Å². The van der Waals surface area contributed by atoms with E-state index in [9.17, 15) is 5.26 Å². The van der Waals surface area contributed by atoms with Gasteiger partial charge < -0.3 is 9.47 Å². The molecular weight excluding hydrogens is 410 g/mol. The monoisotopic (exact) mass is 439 g/mol. The first-order valence-electron chi connectivity index (χ1n) is 10.7. The van der Waals surface area contributed by atoms with Crippen LogP contribution in [0.4, 0.5) is 0 Å². The van der Waals surface area contributed by atoms with Crippen LogP contribution in [0.5, 0.6) is 11.5 Å². The standard InChI is InChI=1S/C25H29NO2S2/c1-27-23-12-11-18-20(24(23)28-2)10-9-19(22(18)16-26)21(25-29-13-6-14-30-25)15-17-7-4-3-5-8-17/h3-5,7-8,11-12,19,21-22,25H,6,9-10,13-15H2,1-2H3. The van der Waals surface area contributed by atoms with Crippen LogP contribution in [0.1, 0.15) is 35.4 Å². The van der Waals surface area contributed by atoms with Crippen LogP contribution in [-0.2, 0) is 12.8 Å². The minimum absolute atomic E-state index is 0.106. The van der Waals surface area contributed by atoms with E-state index < -0.39 is 0 Å². The number of rotatable bonds is 6. The van der Waals surface area contributed by atoms with Gasteiger partial charge in [-0.1, -0.05) is 36.4 Å². The summed E-state index contributed by atoms with van der Waals surface area (Å²) in [5.74, 6) is 4.74. The first kappa shape index (κ1) is 21.5. The Morgan fingerprint density at radius 2 is 1.83 bits per heavy atom. The molecule has 0 bridgehead atoms. The highest BCUT2D eigenvalue weighted by atomic mass is 32.2. The van der Waals surface area contributed by atoms with Crippen LogP contribution in [-0.4, -0.2) is 30.3 Å². The zero-order chi connectivity index (χ0) is 20.9. The highest BCUT2D eigenvalue weighted by Crippen LogP contribution is 2.50. The van der Waals surface area contributed by atoms with Crippen molar-refractivity contribution in [2.24, 2.45) is 11.8 Å². The SMILES string of the molecule is COc1ccc2c(c1OC)CCC(C(Cc1ccccc1)C1SCCCS1)C2C#N. The smallest absolute Gasteiger partial charge is 0.164 e. The van der Waals surface area contributed by atoms with Crippen LogP contribution < -0.4 is 9.47 Å². The Labute approximate surface area is 188 Å². The molecule has 5 heteroatoms. The molecule has 158 valence electrons. The third kappa shape index (κ3) is 4.31. The second kappa shape index (κ2) is 10.0. The van der Waals surface area contributed by atoms with Crippen LogP contribution in [0.25, 0.3) is 0 Å². The summed E-state index contributed by atoms with van der Waals surface area (Å²) in [7, 11) is 3.37. The summed E-state index contributed by atoms with van der Waals surface area (Å²) in [6.45, 7) is 0. The van der Waals surface area contributed by atoms with E-state index in [1.54, 1.807) is 14.2 Å². The van der Waals surface area contributed by atoms with Crippen molar-refractivity contribution in [3.05, 3.63) is 59.2 Å². The van der Waals surface area contributed by atoms with Crippen molar-refractivity contribution >= 4 is 23.5 Å². The summed E-state index contributed by atoms with van der Waals surface area (Å²) in [5, 5.41) is 10.3. The third-order valence-corrected chi connectivity index (χ3v) is 9.60. The molecule has 0 spiro atoms. The second-order valence-electron chi connectivity index (χ2n) is 8.00. The first-order chi connectivity index (χ1) is 14.8. The number of thioether (sulfide) groups is 2. The lowest BCUT2D eigenvalue weighted by molar-refractivity contribution is 0.285. The lowest BCUT2D eigenvalue weighted by atomic mass is 9.69. The van der Waals surface area contributed by atoms with Crippen molar-refractivity contribution in [2.45, 2.75) is 36.2 Å². The fourth-order valence-electron chi connectivity index (χ4n) is 4.98. The van der Waals surface area contributed by atoms with Gasteiger partial charge in [0.1, 0.15) is 0 Å². The van der Waals surface area contributed by atoms with E-state index in [-0.39, 0.29) is 5.92 Å². The Morgan fingerprint density at radius 3 is 2.50 bits per heavy atom. The van der Waals surface area contributed by atoms with E-state index >= 15 is 0 Å². The molecule has 3 nitrogen and oxygen atoms in total. The van der Waals surface area contributed by atoms with Crippen molar-refractivity contribution in [1.29, 1.82) is 5.26 Å². The predicted molar refractivity (Wildman–Crippen MR) is 127 cm³/mol. The first-order valence-corrected chi connectivity index (χ1v) is 12.8. The Kier molecular flexibility index (Phi) is 7.17. The zero-order valence-electron chi connectivity index (χ0n) is 17.7. The Morgan fingerprint density at radius 1 is 1.07 bits per heavy atom. The van der Waals surface area contributed by atoms with Gasteiger partial charge >= 0.3 is 0 Å². The van der Waals surface area contributed by atoms with Crippen molar-refractivity contribution in [3.8, 4) is 17.6 Å². The Hall–Kier alpha value is -1.77. The summed E-state index contributed by atoms with van der Waals surface area (Å²) >= 11 is 4.20. The van der Waals surface area contributed by atoms with Gasteiger partial charge in [-0.25, -0.2) is 0 Å². The largest absolute Gasteiger partial charge is 0.493 e. The summed E-state index contributed by atoms with van der Waals surface area (Å²) in [5.41, 5.74) is 3.67. The van der Waals surface area contributed by atoms with E-state index in [0.717, 1.165) is 41.9 Å². The van der Waals surface area contributed by atoms with Gasteiger partial charge in [0.05, 0.1) is 30.8 Å². The summed E-state index contributed by atoms with van der Waals surface area (Å²) in [6.07, 6.45) is 4.28. The van der Waals surface area contributed by atoms with Gasteiger partial charge in [-0.05, 0) is 66.2 Å². The van der Waals surface area contributed by atoms with E-state index in [1.165, 1.54) is 23.5 Å². The van der Waals surface area contributed by atoms with Crippen LogP contribution >= 0.6 is 23.5 Å². The molecule has 4 rings (SSSR count). The molecule has 1 fully saturated rings. The van der Waals surface area contributed by atoms with E-state index in [4.69, 9.17) is 9.47 Å². The van der Waals surface area contributed by atoms with Crippen molar-refractivity contribution in [2.75, 3.05) is 25.7 Å². The quantitative estimate of drug-likeness (QED) is 0.558. The molecule has 0 amide bonds. The van der Waals surface area contributed by atoms with E-state index in [0.29, 0.717) is 16.4 Å². The summed E-state index contributed by atoms with van der Waals surface area (Å²) in [4.78, 5) is 0. The van der Waals surface area contributed by atoms with Gasteiger partial charge in [-0.15, -0.1) is 23.5 Å². The fraction of sp³-hybridized carbons (Fsp3) is 0.480. The number of methoxy groups -OCH3 is 2. The molecule has 2 aromatic rings. The third-order valence-electron chi connectivity index (χ3n) is 6.38. The van der Waals surface area contributed by atoms with Crippen LogP contribution in [0.3, 0.4) is 0 Å². The lowest BCUT2D eigenvalue weighted by Crippen LogP contribution is -2.34. The second-order valence-corrected chi connectivity index (χ2v) is 10.8. The summed E-state index contributed by atoms with van der Waals surface area (Å²) < 4.78 is 11.8. The van der Waals surface area contributed by atoms with Gasteiger partial charge in [0.25, 0.3) is 0 Å². The Bertz CT molecular complexity index is 890. The number of ether oxygens (including phenoxy) is 2. The molecule has 0 saturated carbocycles. The summed E-state index contributed by atoms with van der Waals surface area (Å²) in [6, 6.07) is 17.5. The van der Waals surface area contributed by atoms with Gasteiger partial charge in [-0.2, -0.15) is 5.26 Å². The van der Waals surface area contributed by atoms with E-state index in [2.05, 4.69) is 66.0 Å². The molecule has 0 N–H and O–H groups in total. The van der Waals surface area contributed by atoms with Gasteiger partial charge in [0, 0.05) is 5.56 Å². The molecule has 0 radical (unpaired) electrons. The lowest BCUT2D eigenvalue weighted by Gasteiger charge is -2.40. The zero-order valence-corrected chi connectivity index (χ0v) is 19.3. The van der Waals surface area contributed by atoms with Crippen LogP contribution in [0.2, 0.25) is 0 Å². The molecule has 1 saturated heterocycles. The molecule has 1 heterocycles. The molecule has 30 heavy (non-hydrogen) atoms. The molecule has 2 aliphatic rings. The maximum atomic E-state index is 10.3. The van der Waals surface area contributed by atoms with Crippen molar-refractivity contribution < 1.29 is 9.47 Å². The molecule has 3 unspecified atom stereocenters. The number of nitrogens with zero attached hydrogens (tertiary/aromatic N) is 1. The predicted octanol–water partition coefficient (Wildman–Crippen LogP) is 5.93. The maximum absolute atomic E-state index is 10.3. The average Bonchev–Trinajstić information content (AvgIpc) is 2.82. The minimum atomic E-state index is -0.106. The van der Waals surface area contributed by atoms with Crippen LogP contribution in [0.15, 0.2) is 42.5 Å². The van der Waals surface area contributed by atoms with Gasteiger partial charge in [-0.3, -0.25) is 0 Å². The number of nitriles is 1. The molecule has 2 aromatic carbocycles. The number of hydrogen-bond donors (Lipinski definition) is 0. The molecule has 3 atom stereocenters. The molecule has 0 aromatic heterocycles. The molecular formula is C25H29NO2S2. The normalized spacial score (nSPS) is 22.6. The number of benzene rings is 2. The highest BCUT2D eigenvalue weighted by Gasteiger charge is 2.40. The molecule has 1 aliphatic heterocycles. The fourth-order valence-corrected chi connectivity index (χ4v) is 8.30. The number of hydrogen-bond acceptors (Lipinski definition) is 5. The van der Waals surface area contributed by atoms with Gasteiger partial charge in [0.2, 0.25) is 0 Å². The van der Waals surface area contributed by atoms with Crippen molar-refractivity contribution in [3.63, 3.8) is 0 Å².